The summed E-state index contributed by atoms with van der Waals surface area (Å²) in [7, 11) is 0. The minimum absolute atomic E-state index is 0.0927. The Balaban J connectivity index is 1.74. The van der Waals surface area contributed by atoms with E-state index in [9.17, 15) is 23.5 Å². The smallest absolute Gasteiger partial charge is 0.312 e. The number of carboxylic acids is 1. The largest absolute Gasteiger partial charge is 0.493 e. The summed E-state index contributed by atoms with van der Waals surface area (Å²) in [6.45, 7) is 0.141. The predicted octanol–water partition coefficient (Wildman–Crippen LogP) is 3.11. The first-order valence-corrected chi connectivity index (χ1v) is 8.09. The van der Waals surface area contributed by atoms with Crippen LogP contribution in [-0.4, -0.2) is 30.1 Å². The van der Waals surface area contributed by atoms with Gasteiger partial charge in [-0.1, -0.05) is 18.2 Å². The van der Waals surface area contributed by atoms with Gasteiger partial charge in [-0.05, 0) is 36.2 Å². The third-order valence-electron chi connectivity index (χ3n) is 3.69. The summed E-state index contributed by atoms with van der Waals surface area (Å²) in [5.41, 5.74) is 0.411. The first-order chi connectivity index (χ1) is 12.5. The molecule has 5 nitrogen and oxygen atoms in total. The molecule has 0 aromatic heterocycles. The number of carbonyl (C=O) groups is 2. The molecule has 2 rings (SSSR count). The molecule has 0 bridgehead atoms. The van der Waals surface area contributed by atoms with Crippen LogP contribution in [0.2, 0.25) is 0 Å². The molecule has 0 saturated heterocycles. The summed E-state index contributed by atoms with van der Waals surface area (Å²) < 4.78 is 31.3. The van der Waals surface area contributed by atoms with Crippen molar-refractivity contribution in [1.29, 1.82) is 0 Å². The molecule has 138 valence electrons. The van der Waals surface area contributed by atoms with Crippen molar-refractivity contribution in [2.45, 2.75) is 18.8 Å². The SMILES string of the molecule is O=C(CCCOc1cccc(F)c1)NCC(C(=O)O)c1ccc(F)cc1. The topological polar surface area (TPSA) is 75.6 Å². The number of aliphatic carboxylic acids is 1. The summed E-state index contributed by atoms with van der Waals surface area (Å²) in [5.74, 6) is -2.86. The summed E-state index contributed by atoms with van der Waals surface area (Å²) in [6, 6.07) is 10.8. The molecule has 0 aliphatic rings. The van der Waals surface area contributed by atoms with E-state index >= 15 is 0 Å². The molecule has 0 fully saturated rings. The highest BCUT2D eigenvalue weighted by atomic mass is 19.1. The molecule has 0 heterocycles. The molecule has 0 aliphatic heterocycles. The van der Waals surface area contributed by atoms with Crippen LogP contribution in [0.5, 0.6) is 5.75 Å². The van der Waals surface area contributed by atoms with E-state index < -0.39 is 23.5 Å². The monoisotopic (exact) mass is 363 g/mol. The van der Waals surface area contributed by atoms with Crippen LogP contribution >= 0.6 is 0 Å². The van der Waals surface area contributed by atoms with Gasteiger partial charge in [0.15, 0.2) is 0 Å². The number of carbonyl (C=O) groups excluding carboxylic acids is 1. The average molecular weight is 363 g/mol. The number of carboxylic acid groups (broad SMARTS) is 1. The van der Waals surface area contributed by atoms with Crippen molar-refractivity contribution in [2.24, 2.45) is 0 Å². The van der Waals surface area contributed by atoms with E-state index in [1.54, 1.807) is 6.07 Å². The molecule has 26 heavy (non-hydrogen) atoms. The Morgan fingerprint density at radius 3 is 2.46 bits per heavy atom. The van der Waals surface area contributed by atoms with Crippen LogP contribution in [0.3, 0.4) is 0 Å². The number of rotatable bonds is 9. The van der Waals surface area contributed by atoms with E-state index in [0.717, 1.165) is 0 Å². The number of amides is 1. The van der Waals surface area contributed by atoms with Gasteiger partial charge in [-0.15, -0.1) is 0 Å². The molecule has 0 radical (unpaired) electrons. The van der Waals surface area contributed by atoms with E-state index in [-0.39, 0.29) is 25.5 Å². The van der Waals surface area contributed by atoms with Gasteiger partial charge < -0.3 is 15.2 Å². The van der Waals surface area contributed by atoms with Gasteiger partial charge in [0.2, 0.25) is 5.91 Å². The molecule has 1 unspecified atom stereocenters. The minimum atomic E-state index is -1.11. The van der Waals surface area contributed by atoms with E-state index in [4.69, 9.17) is 4.74 Å². The molecular weight excluding hydrogens is 344 g/mol. The molecule has 2 aromatic carbocycles. The van der Waals surface area contributed by atoms with E-state index in [2.05, 4.69) is 5.32 Å². The third kappa shape index (κ3) is 6.16. The normalized spacial score (nSPS) is 11.6. The number of hydrogen-bond acceptors (Lipinski definition) is 3. The van der Waals surface area contributed by atoms with Gasteiger partial charge >= 0.3 is 5.97 Å². The van der Waals surface area contributed by atoms with Crippen molar-refractivity contribution in [3.8, 4) is 5.75 Å². The fourth-order valence-corrected chi connectivity index (χ4v) is 2.33. The highest BCUT2D eigenvalue weighted by Crippen LogP contribution is 2.16. The van der Waals surface area contributed by atoms with Crippen molar-refractivity contribution >= 4 is 11.9 Å². The van der Waals surface area contributed by atoms with Crippen LogP contribution in [0, 0.1) is 11.6 Å². The second-order valence-corrected chi connectivity index (χ2v) is 5.66. The van der Waals surface area contributed by atoms with Crippen molar-refractivity contribution in [3.05, 3.63) is 65.7 Å². The van der Waals surface area contributed by atoms with Crippen LogP contribution in [0.1, 0.15) is 24.3 Å². The lowest BCUT2D eigenvalue weighted by atomic mass is 9.99. The van der Waals surface area contributed by atoms with Gasteiger partial charge in [0.05, 0.1) is 12.5 Å². The molecule has 1 atom stereocenters. The fourth-order valence-electron chi connectivity index (χ4n) is 2.33. The highest BCUT2D eigenvalue weighted by Gasteiger charge is 2.20. The maximum Gasteiger partial charge on any atom is 0.312 e. The summed E-state index contributed by atoms with van der Waals surface area (Å²) in [6.07, 6.45) is 0.543. The Morgan fingerprint density at radius 1 is 1.08 bits per heavy atom. The molecule has 0 spiro atoms. The quantitative estimate of drug-likeness (QED) is 0.672. The maximum absolute atomic E-state index is 13.0. The number of halogens is 2. The molecule has 0 saturated carbocycles. The molecule has 0 aliphatic carbocycles. The Labute approximate surface area is 149 Å². The summed E-state index contributed by atoms with van der Waals surface area (Å²) >= 11 is 0. The van der Waals surface area contributed by atoms with Crippen LogP contribution in [0.4, 0.5) is 8.78 Å². The number of ether oxygens (including phenoxy) is 1. The lowest BCUT2D eigenvalue weighted by Crippen LogP contribution is -2.31. The van der Waals surface area contributed by atoms with Crippen LogP contribution in [-0.2, 0) is 9.59 Å². The number of hydrogen-bond donors (Lipinski definition) is 2. The third-order valence-corrected chi connectivity index (χ3v) is 3.69. The number of nitrogens with one attached hydrogen (secondary N) is 1. The lowest BCUT2D eigenvalue weighted by molar-refractivity contribution is -0.138. The van der Waals surface area contributed by atoms with Crippen molar-refractivity contribution in [1.82, 2.24) is 5.32 Å². The second-order valence-electron chi connectivity index (χ2n) is 5.66. The molecular formula is C19H19F2NO4. The highest BCUT2D eigenvalue weighted by molar-refractivity contribution is 5.79. The Morgan fingerprint density at radius 2 is 1.81 bits per heavy atom. The van der Waals surface area contributed by atoms with Crippen molar-refractivity contribution in [2.75, 3.05) is 13.2 Å². The lowest BCUT2D eigenvalue weighted by Gasteiger charge is -2.14. The van der Waals surface area contributed by atoms with Gasteiger partial charge in [0.25, 0.3) is 0 Å². The van der Waals surface area contributed by atoms with E-state index in [1.807, 2.05) is 0 Å². The van der Waals surface area contributed by atoms with Crippen molar-refractivity contribution < 1.29 is 28.2 Å². The van der Waals surface area contributed by atoms with Gasteiger partial charge in [-0.25, -0.2) is 8.78 Å². The van der Waals surface area contributed by atoms with Crippen LogP contribution in [0.15, 0.2) is 48.5 Å². The van der Waals surface area contributed by atoms with E-state index in [1.165, 1.54) is 42.5 Å². The van der Waals surface area contributed by atoms with Crippen LogP contribution in [0.25, 0.3) is 0 Å². The molecule has 2 N–H and O–H groups in total. The standard InChI is InChI=1S/C19H19F2NO4/c20-14-8-6-13(7-9-14)17(19(24)25)12-22-18(23)5-2-10-26-16-4-1-3-15(21)11-16/h1,3-4,6-9,11,17H,2,5,10,12H2,(H,22,23)(H,24,25). The van der Waals surface area contributed by atoms with Gasteiger partial charge in [-0.3, -0.25) is 9.59 Å². The number of benzene rings is 2. The maximum atomic E-state index is 13.0. The van der Waals surface area contributed by atoms with E-state index in [0.29, 0.717) is 17.7 Å². The minimum Gasteiger partial charge on any atom is -0.493 e. The Bertz CT molecular complexity index is 749. The second kappa shape index (κ2) is 9.50. The first-order valence-electron chi connectivity index (χ1n) is 8.09. The van der Waals surface area contributed by atoms with Crippen LogP contribution < -0.4 is 10.1 Å². The van der Waals surface area contributed by atoms with Gasteiger partial charge in [0.1, 0.15) is 17.4 Å². The Kier molecular flexibility index (Phi) is 7.08. The molecule has 1 amide bonds. The zero-order valence-electron chi connectivity index (χ0n) is 14.0. The summed E-state index contributed by atoms with van der Waals surface area (Å²) in [4.78, 5) is 23.2. The zero-order chi connectivity index (χ0) is 18.9. The van der Waals surface area contributed by atoms with Crippen molar-refractivity contribution in [3.63, 3.8) is 0 Å². The first kappa shape index (κ1) is 19.4. The average Bonchev–Trinajstić information content (AvgIpc) is 2.60. The van der Waals surface area contributed by atoms with Gasteiger partial charge in [-0.2, -0.15) is 0 Å². The summed E-state index contributed by atoms with van der Waals surface area (Å²) in [5, 5.41) is 11.8. The molecule has 2 aromatic rings. The molecule has 7 heteroatoms. The van der Waals surface area contributed by atoms with Gasteiger partial charge in [0, 0.05) is 19.0 Å². The predicted molar refractivity (Wildman–Crippen MR) is 90.9 cm³/mol. The fraction of sp³-hybridized carbons (Fsp3) is 0.263. The Hall–Kier alpha value is -2.96. The zero-order valence-corrected chi connectivity index (χ0v) is 14.0.